The minimum Gasteiger partial charge on any atom is -0.480 e. The Morgan fingerprint density at radius 1 is 1.27 bits per heavy atom. The Labute approximate surface area is 155 Å². The van der Waals surface area contributed by atoms with Gasteiger partial charge in [0.25, 0.3) is 6.43 Å². The summed E-state index contributed by atoms with van der Waals surface area (Å²) in [6.45, 7) is 1.73. The predicted octanol–water partition coefficient (Wildman–Crippen LogP) is 4.79. The number of benzene rings is 1. The number of aryl methyl sites for hydroxylation is 1. The number of hydrogen-bond donors (Lipinski definition) is 1. The molecule has 0 saturated heterocycles. The molecule has 0 radical (unpaired) electrons. The molecule has 5 nitrogen and oxygen atoms in total. The number of anilines is 1. The lowest BCUT2D eigenvalue weighted by Gasteiger charge is -2.12. The summed E-state index contributed by atoms with van der Waals surface area (Å²) in [6.07, 6.45) is -2.87. The van der Waals surface area contributed by atoms with Gasteiger partial charge in [0.1, 0.15) is 11.3 Å². The van der Waals surface area contributed by atoms with Crippen LogP contribution in [0, 0.1) is 12.7 Å². The van der Waals surface area contributed by atoms with Crippen molar-refractivity contribution in [2.45, 2.75) is 19.9 Å². The van der Waals surface area contributed by atoms with Gasteiger partial charge in [0.2, 0.25) is 5.88 Å². The average Bonchev–Trinajstić information content (AvgIpc) is 2.61. The molecule has 2 heterocycles. The molecule has 0 bridgehead atoms. The number of aromatic nitrogens is 3. The number of pyridine rings is 1. The van der Waals surface area contributed by atoms with Crippen LogP contribution in [0.5, 0.6) is 5.88 Å². The molecule has 0 aliphatic carbocycles. The molecule has 136 valence electrons. The highest BCUT2D eigenvalue weighted by atomic mass is 79.9. The van der Waals surface area contributed by atoms with Gasteiger partial charge < -0.3 is 10.1 Å². The van der Waals surface area contributed by atoms with Crippen molar-refractivity contribution in [3.05, 3.63) is 51.4 Å². The van der Waals surface area contributed by atoms with E-state index in [1.165, 1.54) is 19.2 Å². The molecule has 0 atom stereocenters. The highest BCUT2D eigenvalue weighted by molar-refractivity contribution is 9.10. The van der Waals surface area contributed by atoms with Gasteiger partial charge in [-0.25, -0.2) is 18.2 Å². The first-order valence-corrected chi connectivity index (χ1v) is 8.38. The van der Waals surface area contributed by atoms with Crippen LogP contribution in [0.25, 0.3) is 10.9 Å². The van der Waals surface area contributed by atoms with E-state index in [0.717, 1.165) is 6.07 Å². The molecule has 0 spiro atoms. The van der Waals surface area contributed by atoms with E-state index in [2.05, 4.69) is 36.4 Å². The lowest BCUT2D eigenvalue weighted by Crippen LogP contribution is -2.08. The molecular formula is C17H14BrF3N4O. The predicted molar refractivity (Wildman–Crippen MR) is 95.0 cm³/mol. The normalized spacial score (nSPS) is 11.2. The molecule has 0 saturated carbocycles. The van der Waals surface area contributed by atoms with Crippen LogP contribution in [0.1, 0.15) is 23.2 Å². The molecule has 26 heavy (non-hydrogen) atoms. The summed E-state index contributed by atoms with van der Waals surface area (Å²) in [6, 6.07) is 5.66. The highest BCUT2D eigenvalue weighted by Gasteiger charge is 2.17. The second-order valence-electron chi connectivity index (χ2n) is 5.48. The number of hydrogen-bond acceptors (Lipinski definition) is 5. The Balaban J connectivity index is 1.96. The third kappa shape index (κ3) is 3.44. The summed E-state index contributed by atoms with van der Waals surface area (Å²) in [4.78, 5) is 4.38. The summed E-state index contributed by atoms with van der Waals surface area (Å²) >= 11 is 3.36. The van der Waals surface area contributed by atoms with E-state index in [9.17, 15) is 13.2 Å². The van der Waals surface area contributed by atoms with Crippen LogP contribution < -0.4 is 10.1 Å². The number of nitrogens with one attached hydrogen (secondary N) is 1. The van der Waals surface area contributed by atoms with Crippen LogP contribution >= 0.6 is 15.9 Å². The standard InChI is InChI=1S/C17H14BrF3N4O/c1-8-14-11(6-12(18)17(23-14)26-2)16(25-24-8)22-7-9-4-3-5-10(13(9)19)15(20)21/h3-6,15H,7H2,1-2H3,(H,22,25). The van der Waals surface area contributed by atoms with E-state index in [4.69, 9.17) is 4.74 Å². The molecule has 1 aromatic carbocycles. The number of fused-ring (bicyclic) bond motifs is 1. The van der Waals surface area contributed by atoms with Crippen molar-refractivity contribution in [3.63, 3.8) is 0 Å². The summed E-state index contributed by atoms with van der Waals surface area (Å²) in [5, 5.41) is 11.7. The Morgan fingerprint density at radius 3 is 2.73 bits per heavy atom. The highest BCUT2D eigenvalue weighted by Crippen LogP contribution is 2.31. The Kier molecular flexibility index (Phi) is 5.26. The van der Waals surface area contributed by atoms with Crippen molar-refractivity contribution in [3.8, 4) is 5.88 Å². The van der Waals surface area contributed by atoms with Gasteiger partial charge >= 0.3 is 0 Å². The maximum absolute atomic E-state index is 14.2. The van der Waals surface area contributed by atoms with Crippen LogP contribution in [-0.4, -0.2) is 22.3 Å². The number of halogens is 4. The summed E-state index contributed by atoms with van der Waals surface area (Å²) in [5.41, 5.74) is 0.656. The van der Waals surface area contributed by atoms with Gasteiger partial charge in [-0.2, -0.15) is 5.10 Å². The summed E-state index contributed by atoms with van der Waals surface area (Å²) in [5.74, 6) is -0.168. The minimum absolute atomic E-state index is 0.0249. The van der Waals surface area contributed by atoms with E-state index >= 15 is 0 Å². The zero-order chi connectivity index (χ0) is 18.8. The topological polar surface area (TPSA) is 59.9 Å². The second kappa shape index (κ2) is 7.45. The number of rotatable bonds is 5. The fraction of sp³-hybridized carbons (Fsp3) is 0.235. The monoisotopic (exact) mass is 426 g/mol. The third-order valence-corrected chi connectivity index (χ3v) is 4.39. The van der Waals surface area contributed by atoms with Gasteiger partial charge in [-0.1, -0.05) is 18.2 Å². The van der Waals surface area contributed by atoms with Gasteiger partial charge in [0, 0.05) is 17.5 Å². The van der Waals surface area contributed by atoms with Gasteiger partial charge in [-0.3, -0.25) is 0 Å². The van der Waals surface area contributed by atoms with E-state index < -0.39 is 17.8 Å². The SMILES string of the molecule is COc1nc2c(C)nnc(NCc3cccc(C(F)F)c3F)c2cc1Br. The zero-order valence-electron chi connectivity index (χ0n) is 13.9. The van der Waals surface area contributed by atoms with Crippen molar-refractivity contribution in [1.29, 1.82) is 0 Å². The number of alkyl halides is 2. The van der Waals surface area contributed by atoms with Crippen LogP contribution in [0.3, 0.4) is 0 Å². The fourth-order valence-electron chi connectivity index (χ4n) is 2.51. The molecule has 0 unspecified atom stereocenters. The van der Waals surface area contributed by atoms with E-state index in [1.807, 2.05) is 0 Å². The lowest BCUT2D eigenvalue weighted by molar-refractivity contribution is 0.146. The smallest absolute Gasteiger partial charge is 0.266 e. The molecule has 0 aliphatic heterocycles. The first-order valence-electron chi connectivity index (χ1n) is 7.59. The molecular weight excluding hydrogens is 413 g/mol. The molecule has 1 N–H and O–H groups in total. The van der Waals surface area contributed by atoms with Gasteiger partial charge in [0.15, 0.2) is 5.82 Å². The maximum Gasteiger partial charge on any atom is 0.266 e. The van der Waals surface area contributed by atoms with Gasteiger partial charge in [-0.15, -0.1) is 5.10 Å². The van der Waals surface area contributed by atoms with Crippen LogP contribution in [-0.2, 0) is 6.54 Å². The van der Waals surface area contributed by atoms with E-state index in [-0.39, 0.29) is 12.1 Å². The number of methoxy groups -OCH3 is 1. The first-order chi connectivity index (χ1) is 12.4. The van der Waals surface area contributed by atoms with E-state index in [1.54, 1.807) is 13.0 Å². The van der Waals surface area contributed by atoms with Crippen LogP contribution in [0.15, 0.2) is 28.7 Å². The quantitative estimate of drug-likeness (QED) is 0.635. The third-order valence-electron chi connectivity index (χ3n) is 3.82. The second-order valence-corrected chi connectivity index (χ2v) is 6.34. The molecule has 3 rings (SSSR count). The van der Waals surface area contributed by atoms with Gasteiger partial charge in [-0.05, 0) is 28.9 Å². The zero-order valence-corrected chi connectivity index (χ0v) is 15.4. The van der Waals surface area contributed by atoms with Crippen LogP contribution in [0.4, 0.5) is 19.0 Å². The Hall–Kier alpha value is -2.42. The van der Waals surface area contributed by atoms with Crippen molar-refractivity contribution in [2.75, 3.05) is 12.4 Å². The first kappa shape index (κ1) is 18.4. The lowest BCUT2D eigenvalue weighted by atomic mass is 10.1. The van der Waals surface area contributed by atoms with Crippen molar-refractivity contribution < 1.29 is 17.9 Å². The summed E-state index contributed by atoms with van der Waals surface area (Å²) in [7, 11) is 1.50. The molecule has 0 fully saturated rings. The number of nitrogens with zero attached hydrogens (tertiary/aromatic N) is 3. The fourth-order valence-corrected chi connectivity index (χ4v) is 2.99. The van der Waals surface area contributed by atoms with Gasteiger partial charge in [0.05, 0.1) is 22.8 Å². The minimum atomic E-state index is -2.87. The number of ether oxygens (including phenoxy) is 1. The summed E-state index contributed by atoms with van der Waals surface area (Å²) < 4.78 is 45.6. The van der Waals surface area contributed by atoms with E-state index in [0.29, 0.717) is 32.8 Å². The van der Waals surface area contributed by atoms with Crippen molar-refractivity contribution in [1.82, 2.24) is 15.2 Å². The Bertz CT molecular complexity index is 968. The molecule has 0 amide bonds. The molecule has 0 aliphatic rings. The molecule has 9 heteroatoms. The Morgan fingerprint density at radius 2 is 2.04 bits per heavy atom. The largest absolute Gasteiger partial charge is 0.480 e. The molecule has 2 aromatic heterocycles. The maximum atomic E-state index is 14.2. The van der Waals surface area contributed by atoms with Crippen molar-refractivity contribution in [2.24, 2.45) is 0 Å². The van der Waals surface area contributed by atoms with Crippen molar-refractivity contribution >= 4 is 32.7 Å². The van der Waals surface area contributed by atoms with Crippen LogP contribution in [0.2, 0.25) is 0 Å². The average molecular weight is 427 g/mol. The molecule has 3 aromatic rings.